The lowest BCUT2D eigenvalue weighted by Gasteiger charge is -2.18. The first kappa shape index (κ1) is 14.2. The molecule has 2 rings (SSSR count). The molecule has 0 aliphatic carbocycles. The Kier molecular flexibility index (Phi) is 5.10. The molecule has 1 aliphatic rings. The van der Waals surface area contributed by atoms with Gasteiger partial charge in [0, 0.05) is 29.8 Å². The molecule has 2 N–H and O–H groups in total. The van der Waals surface area contributed by atoms with E-state index >= 15 is 0 Å². The number of amides is 1. The molecule has 1 amide bonds. The Labute approximate surface area is 118 Å². The van der Waals surface area contributed by atoms with Gasteiger partial charge in [-0.15, -0.1) is 0 Å². The molecule has 1 heterocycles. The molecule has 0 saturated carbocycles. The van der Waals surface area contributed by atoms with Crippen LogP contribution in [0.5, 0.6) is 0 Å². The van der Waals surface area contributed by atoms with Gasteiger partial charge in [0.05, 0.1) is 0 Å². The van der Waals surface area contributed by atoms with E-state index in [0.717, 1.165) is 11.4 Å². The van der Waals surface area contributed by atoms with Crippen molar-refractivity contribution in [3.8, 4) is 0 Å². The van der Waals surface area contributed by atoms with Gasteiger partial charge in [-0.05, 0) is 36.4 Å². The largest absolute Gasteiger partial charge is 0.381 e. The van der Waals surface area contributed by atoms with Gasteiger partial charge >= 0.3 is 0 Å². The zero-order valence-electron chi connectivity index (χ0n) is 11.3. The summed E-state index contributed by atoms with van der Waals surface area (Å²) in [5.74, 6) is 1.09. The number of hydrogen-bond acceptors (Lipinski definition) is 4. The van der Waals surface area contributed by atoms with Gasteiger partial charge in [-0.25, -0.2) is 0 Å². The molecule has 0 aromatic heterocycles. The Hall–Kier alpha value is -1.20. The average Bonchev–Trinajstić information content (AvgIpc) is 2.78. The normalized spacial score (nSPS) is 22.2. The van der Waals surface area contributed by atoms with Crippen LogP contribution in [0.1, 0.15) is 13.3 Å². The molecule has 19 heavy (non-hydrogen) atoms. The highest BCUT2D eigenvalue weighted by Crippen LogP contribution is 2.29. The molecule has 2 unspecified atom stereocenters. The summed E-state index contributed by atoms with van der Waals surface area (Å²) in [5.41, 5.74) is 1.89. The summed E-state index contributed by atoms with van der Waals surface area (Å²) >= 11 is 2.01. The van der Waals surface area contributed by atoms with E-state index in [1.54, 1.807) is 0 Å². The predicted molar refractivity (Wildman–Crippen MR) is 80.9 cm³/mol. The number of carbonyl (C=O) groups excluding carboxylic acids is 1. The van der Waals surface area contributed by atoms with Crippen molar-refractivity contribution in [3.05, 3.63) is 24.3 Å². The first-order valence-electron chi connectivity index (χ1n) is 6.46. The lowest BCUT2D eigenvalue weighted by atomic mass is 10.1. The summed E-state index contributed by atoms with van der Waals surface area (Å²) < 4.78 is 4.77. The predicted octanol–water partition coefficient (Wildman–Crippen LogP) is 2.58. The van der Waals surface area contributed by atoms with Crippen LogP contribution in [0.4, 0.5) is 11.4 Å². The SMILES string of the molecule is COCC(=O)Nc1ccc(NC2CCSC2C)cc1. The minimum absolute atomic E-state index is 0.0802. The molecular weight excluding hydrogens is 260 g/mol. The summed E-state index contributed by atoms with van der Waals surface area (Å²) in [6.07, 6.45) is 1.21. The summed E-state index contributed by atoms with van der Waals surface area (Å²) in [6.45, 7) is 2.34. The number of nitrogens with one attached hydrogen (secondary N) is 2. The number of methoxy groups -OCH3 is 1. The maximum Gasteiger partial charge on any atom is 0.250 e. The number of rotatable bonds is 5. The molecular formula is C14H20N2O2S. The molecule has 104 valence electrons. The third-order valence-electron chi connectivity index (χ3n) is 3.17. The van der Waals surface area contributed by atoms with E-state index in [-0.39, 0.29) is 12.5 Å². The Morgan fingerprint density at radius 2 is 2.05 bits per heavy atom. The van der Waals surface area contributed by atoms with Gasteiger partial charge in [-0.3, -0.25) is 4.79 Å². The highest BCUT2D eigenvalue weighted by atomic mass is 32.2. The molecule has 1 aromatic rings. The highest BCUT2D eigenvalue weighted by molar-refractivity contribution is 8.00. The molecule has 1 aliphatic heterocycles. The van der Waals surface area contributed by atoms with Crippen molar-refractivity contribution in [2.75, 3.05) is 30.1 Å². The number of hydrogen-bond donors (Lipinski definition) is 2. The summed E-state index contributed by atoms with van der Waals surface area (Å²) in [4.78, 5) is 11.4. The smallest absolute Gasteiger partial charge is 0.250 e. The van der Waals surface area contributed by atoms with Crippen LogP contribution in [0.3, 0.4) is 0 Å². The third-order valence-corrected chi connectivity index (χ3v) is 4.50. The Bertz CT molecular complexity index is 422. The second-order valence-corrected chi connectivity index (χ2v) is 6.16. The van der Waals surface area contributed by atoms with Crippen LogP contribution in [0.25, 0.3) is 0 Å². The van der Waals surface area contributed by atoms with E-state index in [4.69, 9.17) is 4.74 Å². The van der Waals surface area contributed by atoms with Crippen molar-refractivity contribution in [2.45, 2.75) is 24.6 Å². The molecule has 5 heteroatoms. The van der Waals surface area contributed by atoms with Crippen molar-refractivity contribution >= 4 is 29.0 Å². The zero-order valence-corrected chi connectivity index (χ0v) is 12.1. The van der Waals surface area contributed by atoms with Crippen LogP contribution in [-0.4, -0.2) is 36.7 Å². The number of anilines is 2. The quantitative estimate of drug-likeness (QED) is 0.870. The minimum atomic E-state index is -0.135. The van der Waals surface area contributed by atoms with E-state index in [9.17, 15) is 4.79 Å². The van der Waals surface area contributed by atoms with Crippen molar-refractivity contribution in [2.24, 2.45) is 0 Å². The number of thioether (sulfide) groups is 1. The van der Waals surface area contributed by atoms with Gasteiger partial charge < -0.3 is 15.4 Å². The van der Waals surface area contributed by atoms with E-state index in [1.807, 2.05) is 36.0 Å². The molecule has 0 bridgehead atoms. The van der Waals surface area contributed by atoms with Crippen molar-refractivity contribution in [3.63, 3.8) is 0 Å². The van der Waals surface area contributed by atoms with Crippen LogP contribution in [-0.2, 0) is 9.53 Å². The van der Waals surface area contributed by atoms with Gasteiger partial charge in [0.2, 0.25) is 5.91 Å². The standard InChI is InChI=1S/C14H20N2O2S/c1-10-13(7-8-19-10)15-11-3-5-12(6-4-11)16-14(17)9-18-2/h3-6,10,13,15H,7-9H2,1-2H3,(H,16,17). The number of carbonyl (C=O) groups is 1. The second kappa shape index (κ2) is 6.82. The zero-order chi connectivity index (χ0) is 13.7. The van der Waals surface area contributed by atoms with Gasteiger partial charge in [-0.1, -0.05) is 6.92 Å². The molecule has 0 spiro atoms. The molecule has 1 aromatic carbocycles. The third kappa shape index (κ3) is 4.14. The van der Waals surface area contributed by atoms with E-state index in [0.29, 0.717) is 11.3 Å². The molecule has 2 atom stereocenters. The van der Waals surface area contributed by atoms with Gasteiger partial charge in [0.1, 0.15) is 6.61 Å². The number of benzene rings is 1. The highest BCUT2D eigenvalue weighted by Gasteiger charge is 2.23. The van der Waals surface area contributed by atoms with Crippen LogP contribution >= 0.6 is 11.8 Å². The number of ether oxygens (including phenoxy) is 1. The fourth-order valence-electron chi connectivity index (χ4n) is 2.11. The Morgan fingerprint density at radius 1 is 1.37 bits per heavy atom. The Balaban J connectivity index is 1.89. The molecule has 0 radical (unpaired) electrons. The fourth-order valence-corrected chi connectivity index (χ4v) is 3.31. The van der Waals surface area contributed by atoms with Crippen molar-refractivity contribution in [1.29, 1.82) is 0 Å². The van der Waals surface area contributed by atoms with E-state index in [1.165, 1.54) is 19.3 Å². The maximum atomic E-state index is 11.4. The fraction of sp³-hybridized carbons (Fsp3) is 0.500. The Morgan fingerprint density at radius 3 is 2.63 bits per heavy atom. The first-order chi connectivity index (χ1) is 9.19. The summed E-state index contributed by atoms with van der Waals surface area (Å²) in [6, 6.07) is 8.35. The van der Waals surface area contributed by atoms with Crippen molar-refractivity contribution < 1.29 is 9.53 Å². The van der Waals surface area contributed by atoms with Crippen LogP contribution in [0.15, 0.2) is 24.3 Å². The topological polar surface area (TPSA) is 50.4 Å². The molecule has 4 nitrogen and oxygen atoms in total. The summed E-state index contributed by atoms with van der Waals surface area (Å²) in [5, 5.41) is 6.97. The lowest BCUT2D eigenvalue weighted by molar-refractivity contribution is -0.119. The summed E-state index contributed by atoms with van der Waals surface area (Å²) in [7, 11) is 1.51. The van der Waals surface area contributed by atoms with Gasteiger partial charge in [-0.2, -0.15) is 11.8 Å². The van der Waals surface area contributed by atoms with E-state index in [2.05, 4.69) is 17.6 Å². The molecule has 1 saturated heterocycles. The van der Waals surface area contributed by atoms with Gasteiger partial charge in [0.15, 0.2) is 0 Å². The van der Waals surface area contributed by atoms with Crippen LogP contribution in [0.2, 0.25) is 0 Å². The maximum absolute atomic E-state index is 11.4. The lowest BCUT2D eigenvalue weighted by Crippen LogP contribution is -2.24. The van der Waals surface area contributed by atoms with E-state index < -0.39 is 0 Å². The van der Waals surface area contributed by atoms with Crippen molar-refractivity contribution in [1.82, 2.24) is 0 Å². The average molecular weight is 280 g/mol. The molecule has 1 fully saturated rings. The second-order valence-electron chi connectivity index (χ2n) is 4.67. The minimum Gasteiger partial charge on any atom is -0.381 e. The van der Waals surface area contributed by atoms with Crippen LogP contribution < -0.4 is 10.6 Å². The first-order valence-corrected chi connectivity index (χ1v) is 7.51. The monoisotopic (exact) mass is 280 g/mol. The van der Waals surface area contributed by atoms with Crippen LogP contribution in [0, 0.1) is 0 Å². The van der Waals surface area contributed by atoms with Gasteiger partial charge in [0.25, 0.3) is 0 Å².